The Kier molecular flexibility index (Phi) is 4.92. The average Bonchev–Trinajstić information content (AvgIpc) is 2.45. The molecule has 1 aromatic carbocycles. The number of urea groups is 1. The highest BCUT2D eigenvalue weighted by Crippen LogP contribution is 2.25. The number of hydrogen-bond acceptors (Lipinski definition) is 1. The molecule has 21 heavy (non-hydrogen) atoms. The Morgan fingerprint density at radius 3 is 2.71 bits per heavy atom. The summed E-state index contributed by atoms with van der Waals surface area (Å²) in [6.45, 7) is 10.2. The molecule has 1 aliphatic rings. The fourth-order valence-electron chi connectivity index (χ4n) is 3.23. The van der Waals surface area contributed by atoms with Crippen LogP contribution in [-0.4, -0.2) is 30.1 Å². The van der Waals surface area contributed by atoms with Gasteiger partial charge < -0.3 is 10.2 Å². The van der Waals surface area contributed by atoms with Gasteiger partial charge in [0, 0.05) is 24.5 Å². The zero-order valence-corrected chi connectivity index (χ0v) is 13.8. The van der Waals surface area contributed by atoms with Crippen LogP contribution >= 0.6 is 0 Å². The SMILES string of the molecule is Cc1ccccc1C(C)(C)CNC(=O)N1CCCCC1C. The second-order valence-corrected chi connectivity index (χ2v) is 6.90. The van der Waals surface area contributed by atoms with E-state index >= 15 is 0 Å². The second kappa shape index (κ2) is 6.50. The highest BCUT2D eigenvalue weighted by molar-refractivity contribution is 5.74. The van der Waals surface area contributed by atoms with Crippen LogP contribution < -0.4 is 5.32 Å². The van der Waals surface area contributed by atoms with E-state index in [0.717, 1.165) is 19.4 Å². The monoisotopic (exact) mass is 288 g/mol. The number of nitrogens with one attached hydrogen (secondary N) is 1. The molecule has 1 saturated heterocycles. The van der Waals surface area contributed by atoms with Crippen molar-refractivity contribution in [2.75, 3.05) is 13.1 Å². The first kappa shape index (κ1) is 15.9. The first-order chi connectivity index (χ1) is 9.92. The van der Waals surface area contributed by atoms with E-state index in [1.54, 1.807) is 0 Å². The molecule has 1 N–H and O–H groups in total. The maximum Gasteiger partial charge on any atom is 0.317 e. The Morgan fingerprint density at radius 2 is 2.05 bits per heavy atom. The number of carbonyl (C=O) groups excluding carboxylic acids is 1. The quantitative estimate of drug-likeness (QED) is 0.900. The number of carbonyl (C=O) groups is 1. The minimum atomic E-state index is -0.0555. The summed E-state index contributed by atoms with van der Waals surface area (Å²) >= 11 is 0. The molecule has 1 fully saturated rings. The molecule has 0 aromatic heterocycles. The molecule has 2 amide bonds. The maximum atomic E-state index is 12.4. The Balaban J connectivity index is 1.98. The smallest absolute Gasteiger partial charge is 0.317 e. The number of aryl methyl sites for hydroxylation is 1. The normalized spacial score (nSPS) is 19.4. The molecule has 0 bridgehead atoms. The standard InChI is InChI=1S/C18H28N2O/c1-14-9-5-6-11-16(14)18(3,4)13-19-17(21)20-12-8-7-10-15(20)2/h5-6,9,11,15H,7-8,10,12-13H2,1-4H3,(H,19,21). The molecule has 2 rings (SSSR count). The second-order valence-electron chi connectivity index (χ2n) is 6.90. The minimum absolute atomic E-state index is 0.0555. The summed E-state index contributed by atoms with van der Waals surface area (Å²) in [4.78, 5) is 14.4. The number of piperidine rings is 1. The van der Waals surface area contributed by atoms with Gasteiger partial charge in [-0.1, -0.05) is 38.1 Å². The molecular formula is C18H28N2O. The summed E-state index contributed by atoms with van der Waals surface area (Å²) in [5.41, 5.74) is 2.53. The molecule has 1 unspecified atom stereocenters. The predicted molar refractivity (Wildman–Crippen MR) is 87.6 cm³/mol. The van der Waals surface area contributed by atoms with E-state index in [0.29, 0.717) is 12.6 Å². The van der Waals surface area contributed by atoms with Crippen LogP contribution in [0.3, 0.4) is 0 Å². The summed E-state index contributed by atoms with van der Waals surface area (Å²) in [6.07, 6.45) is 3.48. The lowest BCUT2D eigenvalue weighted by molar-refractivity contribution is 0.156. The zero-order valence-electron chi connectivity index (χ0n) is 13.8. The molecule has 0 saturated carbocycles. The van der Waals surface area contributed by atoms with E-state index in [-0.39, 0.29) is 11.4 Å². The largest absolute Gasteiger partial charge is 0.337 e. The minimum Gasteiger partial charge on any atom is -0.337 e. The van der Waals surface area contributed by atoms with Crippen LogP contribution in [0.1, 0.15) is 51.2 Å². The third-order valence-electron chi connectivity index (χ3n) is 4.62. The number of benzene rings is 1. The van der Waals surface area contributed by atoms with Crippen LogP contribution in [0, 0.1) is 6.92 Å². The lowest BCUT2D eigenvalue weighted by atomic mass is 9.82. The Bertz CT molecular complexity index is 496. The predicted octanol–water partition coefficient (Wildman–Crippen LogP) is 3.86. The van der Waals surface area contributed by atoms with Gasteiger partial charge in [0.15, 0.2) is 0 Å². The van der Waals surface area contributed by atoms with Crippen LogP contribution in [-0.2, 0) is 5.41 Å². The van der Waals surface area contributed by atoms with Crippen LogP contribution in [0.2, 0.25) is 0 Å². The maximum absolute atomic E-state index is 12.4. The molecule has 3 heteroatoms. The van der Waals surface area contributed by atoms with Crippen molar-refractivity contribution < 1.29 is 4.79 Å². The molecule has 0 spiro atoms. The van der Waals surface area contributed by atoms with Gasteiger partial charge in [0.2, 0.25) is 0 Å². The third kappa shape index (κ3) is 3.78. The van der Waals surface area contributed by atoms with Crippen LogP contribution in [0.25, 0.3) is 0 Å². The Morgan fingerprint density at radius 1 is 1.33 bits per heavy atom. The summed E-state index contributed by atoms with van der Waals surface area (Å²) in [6, 6.07) is 8.86. The lowest BCUT2D eigenvalue weighted by Crippen LogP contribution is -2.50. The summed E-state index contributed by atoms with van der Waals surface area (Å²) in [7, 11) is 0. The van der Waals surface area contributed by atoms with Gasteiger partial charge in [-0.05, 0) is 44.2 Å². The van der Waals surface area contributed by atoms with Gasteiger partial charge in [0.05, 0.1) is 0 Å². The highest BCUT2D eigenvalue weighted by atomic mass is 16.2. The molecule has 1 aliphatic heterocycles. The van der Waals surface area contributed by atoms with E-state index in [4.69, 9.17) is 0 Å². The van der Waals surface area contributed by atoms with Gasteiger partial charge in [-0.25, -0.2) is 4.79 Å². The fourth-order valence-corrected chi connectivity index (χ4v) is 3.23. The van der Waals surface area contributed by atoms with Gasteiger partial charge in [0.1, 0.15) is 0 Å². The topological polar surface area (TPSA) is 32.3 Å². The van der Waals surface area contributed by atoms with Crippen molar-refractivity contribution >= 4 is 6.03 Å². The van der Waals surface area contributed by atoms with Crippen molar-refractivity contribution in [1.29, 1.82) is 0 Å². The van der Waals surface area contributed by atoms with Crippen LogP contribution in [0.5, 0.6) is 0 Å². The van der Waals surface area contributed by atoms with E-state index < -0.39 is 0 Å². The molecule has 1 aromatic rings. The van der Waals surface area contributed by atoms with Gasteiger partial charge in [0.25, 0.3) is 0 Å². The van der Waals surface area contributed by atoms with Crippen molar-refractivity contribution in [1.82, 2.24) is 10.2 Å². The molecule has 3 nitrogen and oxygen atoms in total. The lowest BCUT2D eigenvalue weighted by Gasteiger charge is -2.35. The first-order valence-corrected chi connectivity index (χ1v) is 8.02. The van der Waals surface area contributed by atoms with Crippen LogP contribution in [0.4, 0.5) is 4.79 Å². The van der Waals surface area contributed by atoms with E-state index in [2.05, 4.69) is 57.3 Å². The molecule has 1 atom stereocenters. The number of amides is 2. The Labute approximate surface area is 128 Å². The van der Waals surface area contributed by atoms with Gasteiger partial charge in [-0.15, -0.1) is 0 Å². The first-order valence-electron chi connectivity index (χ1n) is 8.02. The fraction of sp³-hybridized carbons (Fsp3) is 0.611. The van der Waals surface area contributed by atoms with E-state index in [1.165, 1.54) is 17.5 Å². The third-order valence-corrected chi connectivity index (χ3v) is 4.62. The molecule has 1 heterocycles. The highest BCUT2D eigenvalue weighted by Gasteiger charge is 2.27. The summed E-state index contributed by atoms with van der Waals surface area (Å²) in [5.74, 6) is 0. The number of rotatable bonds is 3. The van der Waals surface area contributed by atoms with E-state index in [9.17, 15) is 4.79 Å². The van der Waals surface area contributed by atoms with Gasteiger partial charge >= 0.3 is 6.03 Å². The van der Waals surface area contributed by atoms with Gasteiger partial charge in [-0.2, -0.15) is 0 Å². The number of likely N-dealkylation sites (tertiary alicyclic amines) is 1. The molecule has 0 aliphatic carbocycles. The summed E-state index contributed by atoms with van der Waals surface area (Å²) in [5, 5.41) is 3.14. The van der Waals surface area contributed by atoms with Crippen molar-refractivity contribution in [3.63, 3.8) is 0 Å². The van der Waals surface area contributed by atoms with Crippen molar-refractivity contribution in [2.24, 2.45) is 0 Å². The summed E-state index contributed by atoms with van der Waals surface area (Å²) < 4.78 is 0. The zero-order chi connectivity index (χ0) is 15.5. The molecule has 116 valence electrons. The van der Waals surface area contributed by atoms with Gasteiger partial charge in [-0.3, -0.25) is 0 Å². The van der Waals surface area contributed by atoms with Crippen molar-refractivity contribution in [2.45, 2.75) is 58.4 Å². The Hall–Kier alpha value is -1.51. The van der Waals surface area contributed by atoms with Crippen molar-refractivity contribution in [3.8, 4) is 0 Å². The van der Waals surface area contributed by atoms with E-state index in [1.807, 2.05) is 4.90 Å². The average molecular weight is 288 g/mol. The molecular weight excluding hydrogens is 260 g/mol. The van der Waals surface area contributed by atoms with Crippen molar-refractivity contribution in [3.05, 3.63) is 35.4 Å². The van der Waals surface area contributed by atoms with Crippen LogP contribution in [0.15, 0.2) is 24.3 Å². The molecule has 0 radical (unpaired) electrons. The number of nitrogens with zero attached hydrogens (tertiary/aromatic N) is 1. The number of hydrogen-bond donors (Lipinski definition) is 1.